The number of nitrogens with two attached hydrogens (primary N) is 1. The zero-order chi connectivity index (χ0) is 13.1. The SMILES string of the molecule is CC(C)(C)OC(=O)NCC(N)c1[nH]ncc1Br. The predicted octanol–water partition coefficient (Wildman–Crippen LogP) is 1.70. The largest absolute Gasteiger partial charge is 0.444 e. The van der Waals surface area contributed by atoms with Gasteiger partial charge in [-0.2, -0.15) is 5.10 Å². The smallest absolute Gasteiger partial charge is 0.407 e. The Morgan fingerprint density at radius 2 is 2.35 bits per heavy atom. The van der Waals surface area contributed by atoms with Crippen molar-refractivity contribution in [1.82, 2.24) is 15.5 Å². The molecule has 6 nitrogen and oxygen atoms in total. The van der Waals surface area contributed by atoms with E-state index in [4.69, 9.17) is 10.5 Å². The van der Waals surface area contributed by atoms with Gasteiger partial charge in [0, 0.05) is 6.54 Å². The Morgan fingerprint density at radius 3 is 2.82 bits per heavy atom. The highest BCUT2D eigenvalue weighted by molar-refractivity contribution is 9.10. The number of H-pyrrole nitrogens is 1. The van der Waals surface area contributed by atoms with Gasteiger partial charge in [0.2, 0.25) is 0 Å². The van der Waals surface area contributed by atoms with Crippen molar-refractivity contribution in [1.29, 1.82) is 0 Å². The molecule has 1 heterocycles. The summed E-state index contributed by atoms with van der Waals surface area (Å²) in [6.45, 7) is 5.68. The molecule has 1 amide bonds. The lowest BCUT2D eigenvalue weighted by atomic mass is 10.2. The van der Waals surface area contributed by atoms with Gasteiger partial charge in [-0.25, -0.2) is 4.79 Å². The van der Waals surface area contributed by atoms with Crippen LogP contribution in [0.3, 0.4) is 0 Å². The van der Waals surface area contributed by atoms with Gasteiger partial charge in [-0.15, -0.1) is 0 Å². The number of ether oxygens (including phenoxy) is 1. The van der Waals surface area contributed by atoms with Gasteiger partial charge >= 0.3 is 6.09 Å². The molecule has 1 aromatic heterocycles. The predicted molar refractivity (Wildman–Crippen MR) is 67.5 cm³/mol. The fraction of sp³-hybridized carbons (Fsp3) is 0.600. The van der Waals surface area contributed by atoms with Crippen LogP contribution in [0.1, 0.15) is 32.5 Å². The monoisotopic (exact) mass is 304 g/mol. The highest BCUT2D eigenvalue weighted by Crippen LogP contribution is 2.18. The third-order valence-corrected chi connectivity index (χ3v) is 2.49. The second kappa shape index (κ2) is 5.50. The fourth-order valence-electron chi connectivity index (χ4n) is 1.15. The Hall–Kier alpha value is -1.08. The van der Waals surface area contributed by atoms with Crippen molar-refractivity contribution in [2.45, 2.75) is 32.4 Å². The summed E-state index contributed by atoms with van der Waals surface area (Å²) in [6, 6.07) is -0.362. The number of nitrogens with zero attached hydrogens (tertiary/aromatic N) is 1. The molecule has 4 N–H and O–H groups in total. The van der Waals surface area contributed by atoms with Crippen molar-refractivity contribution in [2.24, 2.45) is 5.73 Å². The maximum Gasteiger partial charge on any atom is 0.407 e. The van der Waals surface area contributed by atoms with Gasteiger partial charge in [0.15, 0.2) is 0 Å². The molecule has 1 rings (SSSR count). The Kier molecular flexibility index (Phi) is 4.53. The van der Waals surface area contributed by atoms with Crippen LogP contribution in [0.4, 0.5) is 4.79 Å². The number of halogens is 1. The number of carbonyl (C=O) groups excluding carboxylic acids is 1. The van der Waals surface area contributed by atoms with Crippen LogP contribution in [0.25, 0.3) is 0 Å². The molecule has 0 aromatic carbocycles. The van der Waals surface area contributed by atoms with Crippen molar-refractivity contribution >= 4 is 22.0 Å². The highest BCUT2D eigenvalue weighted by atomic mass is 79.9. The molecular weight excluding hydrogens is 288 g/mol. The number of alkyl carbamates (subject to hydrolysis) is 1. The molecule has 0 saturated heterocycles. The van der Waals surface area contributed by atoms with Crippen LogP contribution >= 0.6 is 15.9 Å². The summed E-state index contributed by atoms with van der Waals surface area (Å²) in [4.78, 5) is 11.4. The highest BCUT2D eigenvalue weighted by Gasteiger charge is 2.18. The van der Waals surface area contributed by atoms with Gasteiger partial charge in [0.05, 0.1) is 22.4 Å². The zero-order valence-corrected chi connectivity index (χ0v) is 11.7. The minimum absolute atomic E-state index is 0.274. The summed E-state index contributed by atoms with van der Waals surface area (Å²) in [6.07, 6.45) is 1.13. The first kappa shape index (κ1) is 14.0. The molecule has 96 valence electrons. The van der Waals surface area contributed by atoms with Gasteiger partial charge in [-0.1, -0.05) is 0 Å². The van der Waals surface area contributed by atoms with E-state index in [-0.39, 0.29) is 12.6 Å². The number of amides is 1. The van der Waals surface area contributed by atoms with Crippen LogP contribution in [0.15, 0.2) is 10.7 Å². The van der Waals surface area contributed by atoms with E-state index < -0.39 is 11.7 Å². The molecule has 0 bridgehead atoms. The van der Waals surface area contributed by atoms with E-state index in [0.29, 0.717) is 0 Å². The van der Waals surface area contributed by atoms with E-state index in [1.54, 1.807) is 27.0 Å². The lowest BCUT2D eigenvalue weighted by Gasteiger charge is -2.20. The number of carbonyl (C=O) groups is 1. The van der Waals surface area contributed by atoms with E-state index in [1.165, 1.54) is 0 Å². The minimum atomic E-state index is -0.511. The summed E-state index contributed by atoms with van der Waals surface area (Å²) in [5, 5.41) is 9.20. The Morgan fingerprint density at radius 1 is 1.71 bits per heavy atom. The average Bonchev–Trinajstić information content (AvgIpc) is 2.58. The molecule has 1 aromatic rings. The fourth-order valence-corrected chi connectivity index (χ4v) is 1.64. The van der Waals surface area contributed by atoms with E-state index in [0.717, 1.165) is 10.2 Å². The van der Waals surface area contributed by atoms with Crippen LogP contribution in [-0.2, 0) is 4.74 Å². The summed E-state index contributed by atoms with van der Waals surface area (Å²) < 4.78 is 5.88. The summed E-state index contributed by atoms with van der Waals surface area (Å²) in [5.41, 5.74) is 6.11. The lowest BCUT2D eigenvalue weighted by Crippen LogP contribution is -2.36. The van der Waals surface area contributed by atoms with Crippen molar-refractivity contribution in [3.05, 3.63) is 16.4 Å². The van der Waals surface area contributed by atoms with Crippen molar-refractivity contribution < 1.29 is 9.53 Å². The maximum absolute atomic E-state index is 11.4. The Bertz CT molecular complexity index is 386. The Balaban J connectivity index is 2.41. The molecule has 0 radical (unpaired) electrons. The number of hydrogen-bond acceptors (Lipinski definition) is 4. The molecule has 0 saturated carbocycles. The van der Waals surface area contributed by atoms with Gasteiger partial charge < -0.3 is 15.8 Å². The number of hydrogen-bond donors (Lipinski definition) is 3. The number of aromatic amines is 1. The van der Waals surface area contributed by atoms with Crippen molar-refractivity contribution in [3.63, 3.8) is 0 Å². The molecule has 0 aliphatic rings. The van der Waals surface area contributed by atoms with Gasteiger partial charge in [-0.3, -0.25) is 5.10 Å². The zero-order valence-electron chi connectivity index (χ0n) is 10.1. The van der Waals surface area contributed by atoms with E-state index in [1.807, 2.05) is 0 Å². The van der Waals surface area contributed by atoms with Crippen LogP contribution in [-0.4, -0.2) is 28.4 Å². The van der Waals surface area contributed by atoms with E-state index in [9.17, 15) is 4.79 Å². The van der Waals surface area contributed by atoms with Gasteiger partial charge in [0.1, 0.15) is 5.60 Å². The first-order valence-corrected chi connectivity index (χ1v) is 6.00. The first-order valence-electron chi connectivity index (χ1n) is 5.21. The maximum atomic E-state index is 11.4. The third kappa shape index (κ3) is 4.74. The molecule has 0 spiro atoms. The molecule has 7 heteroatoms. The molecule has 1 unspecified atom stereocenters. The first-order chi connectivity index (χ1) is 7.79. The summed E-state index contributed by atoms with van der Waals surface area (Å²) in [5.74, 6) is 0. The number of rotatable bonds is 3. The molecule has 0 aliphatic heterocycles. The molecule has 0 fully saturated rings. The van der Waals surface area contributed by atoms with Gasteiger partial charge in [-0.05, 0) is 36.7 Å². The molecular formula is C10H17BrN4O2. The van der Waals surface area contributed by atoms with Crippen LogP contribution in [0, 0.1) is 0 Å². The van der Waals surface area contributed by atoms with Gasteiger partial charge in [0.25, 0.3) is 0 Å². The normalized spacial score (nSPS) is 13.2. The minimum Gasteiger partial charge on any atom is -0.444 e. The Labute approximate surface area is 108 Å². The molecule has 17 heavy (non-hydrogen) atoms. The van der Waals surface area contributed by atoms with E-state index >= 15 is 0 Å². The van der Waals surface area contributed by atoms with Crippen molar-refractivity contribution in [2.75, 3.05) is 6.54 Å². The second-order valence-corrected chi connectivity index (χ2v) is 5.48. The molecule has 1 atom stereocenters. The van der Waals surface area contributed by atoms with E-state index in [2.05, 4.69) is 31.4 Å². The third-order valence-electron chi connectivity index (χ3n) is 1.86. The average molecular weight is 305 g/mol. The molecule has 0 aliphatic carbocycles. The number of aromatic nitrogens is 2. The summed E-state index contributed by atoms with van der Waals surface area (Å²) in [7, 11) is 0. The van der Waals surface area contributed by atoms with Crippen LogP contribution in [0.5, 0.6) is 0 Å². The van der Waals surface area contributed by atoms with Crippen LogP contribution in [0.2, 0.25) is 0 Å². The van der Waals surface area contributed by atoms with Crippen molar-refractivity contribution in [3.8, 4) is 0 Å². The van der Waals surface area contributed by atoms with Crippen LogP contribution < -0.4 is 11.1 Å². The quantitative estimate of drug-likeness (QED) is 0.792. The lowest BCUT2D eigenvalue weighted by molar-refractivity contribution is 0.0524. The second-order valence-electron chi connectivity index (χ2n) is 4.62. The summed E-state index contributed by atoms with van der Waals surface area (Å²) >= 11 is 3.31. The topological polar surface area (TPSA) is 93.0 Å². The number of nitrogens with one attached hydrogen (secondary N) is 2. The standard InChI is InChI=1S/C10H17BrN4O2/c1-10(2,3)17-9(16)13-5-7(12)8-6(11)4-14-15-8/h4,7H,5,12H2,1-3H3,(H,13,16)(H,14,15).